The highest BCUT2D eigenvalue weighted by Crippen LogP contribution is 2.23. The number of hydrogen-bond donors (Lipinski definition) is 2. The number of urea groups is 1. The second kappa shape index (κ2) is 10.7. The van der Waals surface area contributed by atoms with Crippen LogP contribution in [0, 0.1) is 5.92 Å². The highest BCUT2D eigenvalue weighted by molar-refractivity contribution is 5.75. The van der Waals surface area contributed by atoms with Gasteiger partial charge in [0.05, 0.1) is 19.1 Å². The van der Waals surface area contributed by atoms with Gasteiger partial charge in [0.1, 0.15) is 5.75 Å². The summed E-state index contributed by atoms with van der Waals surface area (Å²) < 4.78 is 5.31. The van der Waals surface area contributed by atoms with Crippen LogP contribution in [0.25, 0.3) is 0 Å². The number of nitrogens with zero attached hydrogens (tertiary/aromatic N) is 2. The van der Waals surface area contributed by atoms with Crippen LogP contribution < -0.4 is 10.1 Å². The number of likely N-dealkylation sites (N-methyl/N-ethyl adjacent to an activating group) is 1. The molecule has 0 aliphatic carbocycles. The number of methoxy groups -OCH3 is 1. The largest absolute Gasteiger partial charge is 0.497 e. The van der Waals surface area contributed by atoms with Crippen LogP contribution in [0.5, 0.6) is 5.75 Å². The van der Waals surface area contributed by atoms with E-state index in [-0.39, 0.29) is 18.6 Å². The first kappa shape index (κ1) is 21.8. The number of rotatable bonds is 10. The number of hydrogen-bond acceptors (Lipinski definition) is 4. The van der Waals surface area contributed by atoms with E-state index in [0.717, 1.165) is 24.4 Å². The van der Waals surface area contributed by atoms with Crippen LogP contribution in [-0.4, -0.2) is 67.2 Å². The molecule has 0 bridgehead atoms. The van der Waals surface area contributed by atoms with Crippen molar-refractivity contribution >= 4 is 12.0 Å². The monoisotopic (exact) mass is 365 g/mol. The molecule has 0 saturated carbocycles. The van der Waals surface area contributed by atoms with Gasteiger partial charge in [-0.15, -0.1) is 0 Å². The Morgan fingerprint density at radius 2 is 1.92 bits per heavy atom. The lowest BCUT2D eigenvalue weighted by Gasteiger charge is -2.31. The normalized spacial score (nSPS) is 13.2. The van der Waals surface area contributed by atoms with Crippen molar-refractivity contribution in [3.8, 4) is 5.75 Å². The minimum atomic E-state index is -0.915. The van der Waals surface area contributed by atoms with Crippen LogP contribution in [0.1, 0.15) is 32.4 Å². The van der Waals surface area contributed by atoms with Gasteiger partial charge in [-0.25, -0.2) is 4.79 Å². The topological polar surface area (TPSA) is 82.1 Å². The zero-order valence-electron chi connectivity index (χ0n) is 16.4. The van der Waals surface area contributed by atoms with Crippen molar-refractivity contribution in [1.82, 2.24) is 15.1 Å². The zero-order valence-corrected chi connectivity index (χ0v) is 16.4. The molecule has 1 aromatic rings. The van der Waals surface area contributed by atoms with E-state index in [9.17, 15) is 9.59 Å². The molecule has 1 rings (SSSR count). The minimum absolute atomic E-state index is 0.00865. The van der Waals surface area contributed by atoms with Gasteiger partial charge in [-0.1, -0.05) is 32.9 Å². The number of carboxylic acids is 1. The van der Waals surface area contributed by atoms with Gasteiger partial charge in [0.15, 0.2) is 0 Å². The Morgan fingerprint density at radius 1 is 1.27 bits per heavy atom. The summed E-state index contributed by atoms with van der Waals surface area (Å²) in [5.41, 5.74) is 1.06. The lowest BCUT2D eigenvalue weighted by Crippen LogP contribution is -2.44. The molecule has 26 heavy (non-hydrogen) atoms. The zero-order chi connectivity index (χ0) is 19.7. The van der Waals surface area contributed by atoms with Crippen molar-refractivity contribution in [2.75, 3.05) is 40.3 Å². The van der Waals surface area contributed by atoms with Crippen molar-refractivity contribution in [1.29, 1.82) is 0 Å². The molecule has 0 aliphatic heterocycles. The predicted octanol–water partition coefficient (Wildman–Crippen LogP) is 2.44. The molecule has 0 aliphatic rings. The molecule has 0 saturated heterocycles. The van der Waals surface area contributed by atoms with Gasteiger partial charge >= 0.3 is 12.0 Å². The fourth-order valence-corrected chi connectivity index (χ4v) is 2.86. The number of carboxylic acid groups (broad SMARTS) is 1. The van der Waals surface area contributed by atoms with E-state index in [1.54, 1.807) is 21.1 Å². The molecule has 0 heterocycles. The van der Waals surface area contributed by atoms with Gasteiger partial charge in [-0.2, -0.15) is 0 Å². The number of aliphatic carboxylic acids is 1. The number of amides is 2. The predicted molar refractivity (Wildman–Crippen MR) is 101 cm³/mol. The maximum Gasteiger partial charge on any atom is 0.317 e. The number of nitrogens with one attached hydrogen (secondary N) is 1. The van der Waals surface area contributed by atoms with Gasteiger partial charge in [0.25, 0.3) is 0 Å². The average Bonchev–Trinajstić information content (AvgIpc) is 2.64. The third kappa shape index (κ3) is 6.22. The van der Waals surface area contributed by atoms with Crippen LogP contribution in [0.2, 0.25) is 0 Å². The van der Waals surface area contributed by atoms with E-state index < -0.39 is 11.9 Å². The number of carbonyl (C=O) groups excluding carboxylic acids is 1. The summed E-state index contributed by atoms with van der Waals surface area (Å²) in [6.07, 6.45) is 0. The fraction of sp³-hybridized carbons (Fsp3) is 0.579. The molecular formula is C19H31N3O4. The van der Waals surface area contributed by atoms with Gasteiger partial charge < -0.3 is 20.1 Å². The summed E-state index contributed by atoms with van der Waals surface area (Å²) in [6, 6.07) is 7.56. The quantitative estimate of drug-likeness (QED) is 0.665. The molecule has 146 valence electrons. The molecule has 1 aromatic carbocycles. The average molecular weight is 365 g/mol. The van der Waals surface area contributed by atoms with E-state index in [2.05, 4.69) is 24.1 Å². The molecule has 7 nitrogen and oxygen atoms in total. The van der Waals surface area contributed by atoms with Crippen molar-refractivity contribution in [3.63, 3.8) is 0 Å². The molecule has 2 atom stereocenters. The Morgan fingerprint density at radius 3 is 2.46 bits per heavy atom. The van der Waals surface area contributed by atoms with Crippen LogP contribution in [0.3, 0.4) is 0 Å². The standard InChI is InChI=1S/C19H31N3O4/c1-6-22(7-2)17(15-9-8-10-16(11-15)26-5)12-20-19(25)21(4)13-14(3)18(23)24/h8-11,14,17H,6-7,12-13H2,1-5H3,(H,20,25)(H,23,24). The summed E-state index contributed by atoms with van der Waals surface area (Å²) in [4.78, 5) is 27.0. The Labute approximate surface area is 155 Å². The molecule has 0 spiro atoms. The molecule has 0 fully saturated rings. The molecule has 7 heteroatoms. The van der Waals surface area contributed by atoms with E-state index in [1.807, 2.05) is 24.3 Å². The molecule has 2 N–H and O–H groups in total. The first-order chi connectivity index (χ1) is 12.3. The van der Waals surface area contributed by atoms with E-state index in [4.69, 9.17) is 9.84 Å². The van der Waals surface area contributed by atoms with Crippen LogP contribution in [0.15, 0.2) is 24.3 Å². The second-order valence-electron chi connectivity index (χ2n) is 6.32. The van der Waals surface area contributed by atoms with Crippen molar-refractivity contribution in [3.05, 3.63) is 29.8 Å². The lowest BCUT2D eigenvalue weighted by atomic mass is 10.0. The van der Waals surface area contributed by atoms with Gasteiger partial charge in [-0.3, -0.25) is 9.69 Å². The van der Waals surface area contributed by atoms with E-state index >= 15 is 0 Å². The Kier molecular flexibility index (Phi) is 8.92. The minimum Gasteiger partial charge on any atom is -0.497 e. The third-order valence-corrected chi connectivity index (χ3v) is 4.49. The SMILES string of the molecule is CCN(CC)C(CNC(=O)N(C)CC(C)C(=O)O)c1cccc(OC)c1. The van der Waals surface area contributed by atoms with Crippen molar-refractivity contribution in [2.24, 2.45) is 5.92 Å². The maximum atomic E-state index is 12.3. The molecule has 0 aromatic heterocycles. The van der Waals surface area contributed by atoms with Crippen LogP contribution in [-0.2, 0) is 4.79 Å². The Hall–Kier alpha value is -2.28. The van der Waals surface area contributed by atoms with E-state index in [0.29, 0.717) is 6.54 Å². The van der Waals surface area contributed by atoms with Gasteiger partial charge in [0, 0.05) is 20.1 Å². The molecular weight excluding hydrogens is 334 g/mol. The summed E-state index contributed by atoms with van der Waals surface area (Å²) in [5, 5.41) is 11.9. The molecule has 2 unspecified atom stereocenters. The molecule has 2 amide bonds. The highest BCUT2D eigenvalue weighted by Gasteiger charge is 2.22. The third-order valence-electron chi connectivity index (χ3n) is 4.49. The van der Waals surface area contributed by atoms with Crippen molar-refractivity contribution < 1.29 is 19.4 Å². The summed E-state index contributed by atoms with van der Waals surface area (Å²) >= 11 is 0. The first-order valence-electron chi connectivity index (χ1n) is 8.93. The van der Waals surface area contributed by atoms with Crippen molar-refractivity contribution in [2.45, 2.75) is 26.8 Å². The second-order valence-corrected chi connectivity index (χ2v) is 6.32. The first-order valence-corrected chi connectivity index (χ1v) is 8.93. The summed E-state index contributed by atoms with van der Waals surface area (Å²) in [5.74, 6) is -0.747. The van der Waals surface area contributed by atoms with Crippen LogP contribution >= 0.6 is 0 Å². The maximum absolute atomic E-state index is 12.3. The number of benzene rings is 1. The number of carbonyl (C=O) groups is 2. The smallest absolute Gasteiger partial charge is 0.317 e. The Balaban J connectivity index is 2.83. The van der Waals surface area contributed by atoms with Gasteiger partial charge in [0.2, 0.25) is 0 Å². The molecule has 0 radical (unpaired) electrons. The summed E-state index contributed by atoms with van der Waals surface area (Å²) in [7, 11) is 3.23. The van der Waals surface area contributed by atoms with E-state index in [1.165, 1.54) is 4.90 Å². The number of ether oxygens (including phenoxy) is 1. The van der Waals surface area contributed by atoms with Crippen LogP contribution in [0.4, 0.5) is 4.79 Å². The Bertz CT molecular complexity index is 590. The highest BCUT2D eigenvalue weighted by atomic mass is 16.5. The summed E-state index contributed by atoms with van der Waals surface area (Å²) in [6.45, 7) is 8.04. The fourth-order valence-electron chi connectivity index (χ4n) is 2.86. The lowest BCUT2D eigenvalue weighted by molar-refractivity contribution is -0.141. The van der Waals surface area contributed by atoms with Gasteiger partial charge in [-0.05, 0) is 30.8 Å².